The molecule has 2 aromatic carbocycles. The standard InChI is InChI=1S/C28H35ClN6O5S/c1-33(2)12-11-30-28-22-16-31-27(29)15-24(22)35(32-28)23-10-7-19(13-26(23)40-5)17-34(41(6,36)37)18-20-8-9-21(38-3)14-25(20)39-4/h7-10,13-16H,11-12,17-18H2,1-6H3,(H,30,32). The number of nitrogens with zero attached hydrogens (tertiary/aromatic N) is 5. The number of pyridine rings is 1. The molecule has 11 nitrogen and oxygen atoms in total. The van der Waals surface area contributed by atoms with Gasteiger partial charge in [-0.3, -0.25) is 0 Å². The third kappa shape index (κ3) is 7.20. The zero-order valence-corrected chi connectivity index (χ0v) is 25.6. The molecule has 220 valence electrons. The topological polar surface area (TPSA) is 111 Å². The summed E-state index contributed by atoms with van der Waals surface area (Å²) < 4.78 is 45.2. The molecule has 4 aromatic rings. The Labute approximate surface area is 245 Å². The Morgan fingerprint density at radius 3 is 2.39 bits per heavy atom. The fourth-order valence-electron chi connectivity index (χ4n) is 4.36. The van der Waals surface area contributed by atoms with Gasteiger partial charge in [0, 0.05) is 50.1 Å². The SMILES string of the molecule is COc1ccc(CN(Cc2ccc(-n3nc(NCCN(C)C)c4cnc(Cl)cc43)c(OC)c2)S(C)(=O)=O)c(OC)c1. The highest BCUT2D eigenvalue weighted by Gasteiger charge is 2.22. The molecule has 0 fully saturated rings. The van der Waals surface area contributed by atoms with E-state index in [-0.39, 0.29) is 13.1 Å². The number of ether oxygens (including phenoxy) is 3. The third-order valence-corrected chi connectivity index (χ3v) is 7.93. The molecule has 2 heterocycles. The molecule has 2 aromatic heterocycles. The summed E-state index contributed by atoms with van der Waals surface area (Å²) in [6.07, 6.45) is 2.88. The van der Waals surface area contributed by atoms with Crippen LogP contribution in [0.3, 0.4) is 0 Å². The molecule has 0 saturated heterocycles. The average molecular weight is 603 g/mol. The molecule has 0 aliphatic heterocycles. The Morgan fingerprint density at radius 2 is 1.73 bits per heavy atom. The molecule has 1 N–H and O–H groups in total. The number of hydrogen-bond acceptors (Lipinski definition) is 9. The monoisotopic (exact) mass is 602 g/mol. The minimum atomic E-state index is -3.57. The van der Waals surface area contributed by atoms with Crippen molar-refractivity contribution in [3.63, 3.8) is 0 Å². The lowest BCUT2D eigenvalue weighted by Gasteiger charge is -2.22. The van der Waals surface area contributed by atoms with Gasteiger partial charge in [0.2, 0.25) is 10.0 Å². The predicted molar refractivity (Wildman–Crippen MR) is 161 cm³/mol. The molecule has 0 saturated carbocycles. The highest BCUT2D eigenvalue weighted by atomic mass is 35.5. The zero-order valence-electron chi connectivity index (χ0n) is 24.0. The van der Waals surface area contributed by atoms with Crippen molar-refractivity contribution in [3.05, 3.63) is 64.9 Å². The molecule has 0 radical (unpaired) electrons. The van der Waals surface area contributed by atoms with Gasteiger partial charge in [0.05, 0.1) is 38.5 Å². The fourth-order valence-corrected chi connectivity index (χ4v) is 5.27. The maximum absolute atomic E-state index is 12.8. The van der Waals surface area contributed by atoms with E-state index in [1.807, 2.05) is 32.3 Å². The first kappa shape index (κ1) is 30.4. The van der Waals surface area contributed by atoms with Crippen molar-refractivity contribution in [2.24, 2.45) is 0 Å². The summed E-state index contributed by atoms with van der Waals surface area (Å²) in [5.74, 6) is 2.36. The first-order valence-corrected chi connectivity index (χ1v) is 15.0. The van der Waals surface area contributed by atoms with Crippen molar-refractivity contribution in [1.82, 2.24) is 24.0 Å². The van der Waals surface area contributed by atoms with E-state index in [9.17, 15) is 8.42 Å². The molecule has 4 rings (SSSR count). The maximum atomic E-state index is 12.8. The van der Waals surface area contributed by atoms with Crippen LogP contribution in [-0.2, 0) is 23.1 Å². The molecule has 0 spiro atoms. The number of nitrogens with one attached hydrogen (secondary N) is 1. The number of sulfonamides is 1. The second-order valence-corrected chi connectivity index (χ2v) is 12.1. The van der Waals surface area contributed by atoms with Gasteiger partial charge in [0.15, 0.2) is 5.82 Å². The lowest BCUT2D eigenvalue weighted by atomic mass is 10.1. The minimum absolute atomic E-state index is 0.118. The van der Waals surface area contributed by atoms with Gasteiger partial charge in [-0.1, -0.05) is 23.7 Å². The number of hydrogen-bond donors (Lipinski definition) is 1. The molecule has 0 atom stereocenters. The molecule has 0 unspecified atom stereocenters. The van der Waals surface area contributed by atoms with E-state index in [0.717, 1.165) is 23.0 Å². The Bertz CT molecular complexity index is 1630. The highest BCUT2D eigenvalue weighted by molar-refractivity contribution is 7.88. The van der Waals surface area contributed by atoms with Crippen LogP contribution in [0, 0.1) is 0 Å². The predicted octanol–water partition coefficient (Wildman–Crippen LogP) is 4.04. The molecule has 0 bridgehead atoms. The Morgan fingerprint density at radius 1 is 0.976 bits per heavy atom. The number of fused-ring (bicyclic) bond motifs is 1. The van der Waals surface area contributed by atoms with Crippen LogP contribution in [0.1, 0.15) is 11.1 Å². The van der Waals surface area contributed by atoms with E-state index >= 15 is 0 Å². The molecule has 13 heteroatoms. The van der Waals surface area contributed by atoms with Gasteiger partial charge in [-0.25, -0.2) is 18.1 Å². The van der Waals surface area contributed by atoms with E-state index in [0.29, 0.717) is 46.0 Å². The Hall–Kier alpha value is -3.58. The summed E-state index contributed by atoms with van der Waals surface area (Å²) in [7, 11) is 5.10. The van der Waals surface area contributed by atoms with Gasteiger partial charge in [0.1, 0.15) is 28.1 Å². The summed E-state index contributed by atoms with van der Waals surface area (Å²) in [5, 5.41) is 9.33. The quantitative estimate of drug-likeness (QED) is 0.227. The lowest BCUT2D eigenvalue weighted by Crippen LogP contribution is -2.29. The van der Waals surface area contributed by atoms with Crippen LogP contribution in [0.15, 0.2) is 48.7 Å². The van der Waals surface area contributed by atoms with Gasteiger partial charge >= 0.3 is 0 Å². The van der Waals surface area contributed by atoms with E-state index in [4.69, 9.17) is 30.9 Å². The van der Waals surface area contributed by atoms with Crippen molar-refractivity contribution < 1.29 is 22.6 Å². The number of likely N-dealkylation sites (N-methyl/N-ethyl adjacent to an activating group) is 1. The number of benzene rings is 2. The van der Waals surface area contributed by atoms with Crippen LogP contribution in [0.5, 0.6) is 17.2 Å². The Balaban J connectivity index is 1.68. The molecule has 0 aliphatic carbocycles. The van der Waals surface area contributed by atoms with Gasteiger partial charge in [-0.2, -0.15) is 4.31 Å². The van der Waals surface area contributed by atoms with Crippen molar-refractivity contribution >= 4 is 38.3 Å². The molecule has 0 amide bonds. The summed E-state index contributed by atoms with van der Waals surface area (Å²) in [6.45, 7) is 1.76. The second kappa shape index (κ2) is 12.9. The van der Waals surface area contributed by atoms with Crippen molar-refractivity contribution in [1.29, 1.82) is 0 Å². The number of methoxy groups -OCH3 is 3. The van der Waals surface area contributed by atoms with Crippen LogP contribution in [-0.4, -0.2) is 87.2 Å². The van der Waals surface area contributed by atoms with E-state index in [2.05, 4.69) is 15.2 Å². The van der Waals surface area contributed by atoms with E-state index in [1.165, 1.54) is 17.7 Å². The number of halogens is 1. The van der Waals surface area contributed by atoms with Gasteiger partial charge in [-0.05, 0) is 37.9 Å². The first-order valence-electron chi connectivity index (χ1n) is 12.8. The zero-order chi connectivity index (χ0) is 29.7. The van der Waals surface area contributed by atoms with Gasteiger partial charge in [0.25, 0.3) is 0 Å². The van der Waals surface area contributed by atoms with Gasteiger partial charge < -0.3 is 24.4 Å². The minimum Gasteiger partial charge on any atom is -0.497 e. The first-order chi connectivity index (χ1) is 19.5. The maximum Gasteiger partial charge on any atom is 0.211 e. The number of anilines is 1. The second-order valence-electron chi connectivity index (χ2n) is 9.73. The van der Waals surface area contributed by atoms with Crippen LogP contribution in [0.25, 0.3) is 16.6 Å². The summed E-state index contributed by atoms with van der Waals surface area (Å²) >= 11 is 6.25. The fraction of sp³-hybridized carbons (Fsp3) is 0.357. The van der Waals surface area contributed by atoms with E-state index < -0.39 is 10.0 Å². The average Bonchev–Trinajstić information content (AvgIpc) is 3.29. The molecular weight excluding hydrogens is 568 g/mol. The largest absolute Gasteiger partial charge is 0.497 e. The van der Waals surface area contributed by atoms with Crippen LogP contribution >= 0.6 is 11.6 Å². The summed E-state index contributed by atoms with van der Waals surface area (Å²) in [4.78, 5) is 6.32. The van der Waals surface area contributed by atoms with Crippen LogP contribution in [0.2, 0.25) is 5.15 Å². The molecule has 0 aliphatic rings. The summed E-state index contributed by atoms with van der Waals surface area (Å²) in [6, 6.07) is 12.6. The number of rotatable bonds is 13. The van der Waals surface area contributed by atoms with Crippen molar-refractivity contribution in [3.8, 4) is 22.9 Å². The lowest BCUT2D eigenvalue weighted by molar-refractivity contribution is 0.370. The third-order valence-electron chi connectivity index (χ3n) is 6.52. The Kier molecular flexibility index (Phi) is 9.59. The van der Waals surface area contributed by atoms with Crippen molar-refractivity contribution in [2.75, 3.05) is 60.1 Å². The van der Waals surface area contributed by atoms with Gasteiger partial charge in [-0.15, -0.1) is 5.10 Å². The number of aromatic nitrogens is 3. The normalized spacial score (nSPS) is 11.8. The summed E-state index contributed by atoms with van der Waals surface area (Å²) in [5.41, 5.74) is 2.88. The highest BCUT2D eigenvalue weighted by Crippen LogP contribution is 2.33. The van der Waals surface area contributed by atoms with Crippen molar-refractivity contribution in [2.45, 2.75) is 13.1 Å². The van der Waals surface area contributed by atoms with E-state index in [1.54, 1.807) is 49.4 Å². The molecular formula is C28H35ClN6O5S. The van der Waals surface area contributed by atoms with Crippen LogP contribution < -0.4 is 19.5 Å². The smallest absolute Gasteiger partial charge is 0.211 e. The molecule has 41 heavy (non-hydrogen) atoms. The van der Waals surface area contributed by atoms with Crippen LogP contribution in [0.4, 0.5) is 5.82 Å².